The lowest BCUT2D eigenvalue weighted by molar-refractivity contribution is -0.605. The van der Waals surface area contributed by atoms with Crippen molar-refractivity contribution in [3.8, 4) is 11.5 Å². The van der Waals surface area contributed by atoms with Gasteiger partial charge in [-0.25, -0.2) is 0 Å². The molecule has 0 spiro atoms. The molecule has 1 amide bonds. The van der Waals surface area contributed by atoms with E-state index in [0.29, 0.717) is 16.2 Å². The molecule has 1 aromatic heterocycles. The zero-order valence-electron chi connectivity index (χ0n) is 21.2. The number of carbonyl (C=O) groups excluding carboxylic acids is 3. The molecule has 1 aliphatic carbocycles. The van der Waals surface area contributed by atoms with Gasteiger partial charge in [-0.15, -0.1) is 0 Å². The highest BCUT2D eigenvalue weighted by molar-refractivity contribution is 6.52. The summed E-state index contributed by atoms with van der Waals surface area (Å²) in [4.78, 5) is 39.1. The van der Waals surface area contributed by atoms with E-state index in [-0.39, 0.29) is 51.4 Å². The molecule has 0 saturated heterocycles. The van der Waals surface area contributed by atoms with Crippen LogP contribution in [0.4, 0.5) is 14.5 Å². The van der Waals surface area contributed by atoms with Crippen molar-refractivity contribution in [3.63, 3.8) is 0 Å². The van der Waals surface area contributed by atoms with E-state index in [9.17, 15) is 28.4 Å². The van der Waals surface area contributed by atoms with Crippen LogP contribution in [0, 0.1) is 11.1 Å². The van der Waals surface area contributed by atoms with Gasteiger partial charge in [-0.3, -0.25) is 19.3 Å². The van der Waals surface area contributed by atoms with E-state index in [2.05, 4.69) is 4.74 Å². The maximum Gasteiger partial charge on any atom is 0.387 e. The quantitative estimate of drug-likeness (QED) is 0.130. The van der Waals surface area contributed by atoms with Crippen LogP contribution >= 0.6 is 23.2 Å². The van der Waals surface area contributed by atoms with Crippen molar-refractivity contribution in [2.45, 2.75) is 32.0 Å². The summed E-state index contributed by atoms with van der Waals surface area (Å²) in [5, 5.41) is 11.8. The summed E-state index contributed by atoms with van der Waals surface area (Å²) in [6.45, 7) is -3.38. The molecule has 2 aromatic carbocycles. The smallest absolute Gasteiger partial charge is 0.387 e. The SMILES string of the molecule is O=C(CN1C(=O)C(=O)c2ccccc21)O[C@@H](Cc1c(Cl)c[n+]([O-])cc1Cl)c1ccc(OC(F)F)c(OCC2CC2)c1. The average molecular weight is 607 g/mol. The van der Waals surface area contributed by atoms with Crippen LogP contribution in [0.1, 0.15) is 40.4 Å². The molecule has 0 bridgehead atoms. The van der Waals surface area contributed by atoms with Crippen LogP contribution in [-0.4, -0.2) is 37.4 Å². The molecule has 41 heavy (non-hydrogen) atoms. The van der Waals surface area contributed by atoms with E-state index in [1.54, 1.807) is 12.1 Å². The van der Waals surface area contributed by atoms with Crippen molar-refractivity contribution in [3.05, 3.63) is 86.8 Å². The van der Waals surface area contributed by atoms with Crippen molar-refractivity contribution in [2.75, 3.05) is 18.1 Å². The van der Waals surface area contributed by atoms with Gasteiger partial charge in [0.05, 0.1) is 17.9 Å². The Hall–Kier alpha value is -3.96. The number of fused-ring (bicyclic) bond motifs is 1. The van der Waals surface area contributed by atoms with E-state index >= 15 is 0 Å². The second-order valence-corrected chi connectivity index (χ2v) is 10.4. The Bertz CT molecular complexity index is 1490. The van der Waals surface area contributed by atoms with Gasteiger partial charge in [0.25, 0.3) is 11.7 Å². The predicted octanol–water partition coefficient (Wildman–Crippen LogP) is 5.07. The molecule has 1 fully saturated rings. The van der Waals surface area contributed by atoms with Crippen LogP contribution in [0.15, 0.2) is 54.9 Å². The maximum absolute atomic E-state index is 13.2. The molecule has 5 rings (SSSR count). The second kappa shape index (κ2) is 11.9. The summed E-state index contributed by atoms with van der Waals surface area (Å²) in [5.74, 6) is -2.37. The molecule has 3 aromatic rings. The Labute approximate surface area is 242 Å². The number of hydrogen-bond donors (Lipinski definition) is 0. The number of anilines is 1. The number of halogens is 4. The largest absolute Gasteiger partial charge is 0.619 e. The highest BCUT2D eigenvalue weighted by Crippen LogP contribution is 2.38. The molecule has 214 valence electrons. The molecule has 0 unspecified atom stereocenters. The minimum atomic E-state index is -3.10. The number of alkyl halides is 2. The van der Waals surface area contributed by atoms with Gasteiger partial charge in [-0.2, -0.15) is 13.5 Å². The van der Waals surface area contributed by atoms with Gasteiger partial charge < -0.3 is 19.4 Å². The summed E-state index contributed by atoms with van der Waals surface area (Å²) in [7, 11) is 0. The molecule has 1 aliphatic heterocycles. The fourth-order valence-electron chi connectivity index (χ4n) is 4.39. The van der Waals surface area contributed by atoms with Crippen LogP contribution in [-0.2, 0) is 20.7 Å². The van der Waals surface area contributed by atoms with E-state index < -0.39 is 36.9 Å². The average Bonchev–Trinajstić information content (AvgIpc) is 3.72. The van der Waals surface area contributed by atoms with E-state index in [1.165, 1.54) is 30.3 Å². The molecule has 1 saturated carbocycles. The number of benzene rings is 2. The first-order valence-electron chi connectivity index (χ1n) is 12.5. The number of esters is 1. The third-order valence-corrected chi connectivity index (χ3v) is 7.27. The standard InChI is InChI=1S/C28H22Cl2F2N2O7/c29-19-11-33(38)12-20(30)18(19)10-23(16-7-8-22(41-28(31)32)24(9-16)39-14-15-5-6-15)40-25(35)13-34-21-4-2-1-3-17(21)26(36)27(34)37/h1-4,7-9,11-12,15,23,28H,5-6,10,13-14H2/t23-/m0/s1. The number of Topliss-reactive ketones (excluding diaryl/α,β-unsaturated/α-hetero) is 1. The number of rotatable bonds is 11. The van der Waals surface area contributed by atoms with Crippen LogP contribution in [0.25, 0.3) is 0 Å². The minimum absolute atomic E-state index is 0.00524. The number of hydrogen-bond acceptors (Lipinski definition) is 7. The number of ketones is 1. The summed E-state index contributed by atoms with van der Waals surface area (Å²) in [6, 6.07) is 10.3. The number of ether oxygens (including phenoxy) is 3. The van der Waals surface area contributed by atoms with Gasteiger partial charge in [0, 0.05) is 12.0 Å². The minimum Gasteiger partial charge on any atom is -0.619 e. The zero-order valence-corrected chi connectivity index (χ0v) is 22.7. The van der Waals surface area contributed by atoms with Gasteiger partial charge in [0.15, 0.2) is 23.9 Å². The Balaban J connectivity index is 1.45. The van der Waals surface area contributed by atoms with Crippen molar-refractivity contribution < 1.29 is 42.1 Å². The van der Waals surface area contributed by atoms with Gasteiger partial charge in [0.2, 0.25) is 0 Å². The maximum atomic E-state index is 13.2. The topological polar surface area (TPSA) is 109 Å². The van der Waals surface area contributed by atoms with Crippen molar-refractivity contribution >= 4 is 46.5 Å². The van der Waals surface area contributed by atoms with Crippen LogP contribution < -0.4 is 19.1 Å². The number of nitrogens with zero attached hydrogens (tertiary/aromatic N) is 2. The summed E-state index contributed by atoms with van der Waals surface area (Å²) < 4.78 is 42.6. The first kappa shape index (κ1) is 28.6. The monoisotopic (exact) mass is 606 g/mol. The molecule has 2 aliphatic rings. The molecule has 2 heterocycles. The first-order chi connectivity index (χ1) is 19.6. The highest BCUT2D eigenvalue weighted by Gasteiger charge is 2.37. The Morgan fingerprint density at radius 2 is 1.78 bits per heavy atom. The lowest BCUT2D eigenvalue weighted by Crippen LogP contribution is -2.36. The number of aromatic nitrogens is 1. The Morgan fingerprint density at radius 3 is 2.46 bits per heavy atom. The second-order valence-electron chi connectivity index (χ2n) is 9.55. The Morgan fingerprint density at radius 1 is 1.07 bits per heavy atom. The zero-order chi connectivity index (χ0) is 29.3. The first-order valence-corrected chi connectivity index (χ1v) is 13.3. The summed E-state index contributed by atoms with van der Waals surface area (Å²) in [6.07, 6.45) is 2.83. The van der Waals surface area contributed by atoms with Crippen molar-refractivity contribution in [2.24, 2.45) is 5.92 Å². The van der Waals surface area contributed by atoms with E-state index in [4.69, 9.17) is 32.7 Å². The molecule has 0 N–H and O–H groups in total. The van der Waals surface area contributed by atoms with Crippen molar-refractivity contribution in [1.82, 2.24) is 0 Å². The van der Waals surface area contributed by atoms with Crippen LogP contribution in [0.3, 0.4) is 0 Å². The van der Waals surface area contributed by atoms with E-state index in [1.807, 2.05) is 0 Å². The highest BCUT2D eigenvalue weighted by atomic mass is 35.5. The number of carbonyl (C=O) groups is 3. The lowest BCUT2D eigenvalue weighted by Gasteiger charge is -2.23. The number of amides is 1. The lowest BCUT2D eigenvalue weighted by atomic mass is 10.0. The van der Waals surface area contributed by atoms with Crippen LogP contribution in [0.2, 0.25) is 10.0 Å². The molecule has 9 nitrogen and oxygen atoms in total. The third kappa shape index (κ3) is 6.52. The molecular weight excluding hydrogens is 585 g/mol. The van der Waals surface area contributed by atoms with Gasteiger partial charge in [-0.1, -0.05) is 41.4 Å². The van der Waals surface area contributed by atoms with Crippen molar-refractivity contribution in [1.29, 1.82) is 0 Å². The number of pyridine rings is 1. The third-order valence-electron chi connectivity index (χ3n) is 6.61. The molecule has 0 radical (unpaired) electrons. The van der Waals surface area contributed by atoms with Gasteiger partial charge in [-0.05, 0) is 48.6 Å². The predicted molar refractivity (Wildman–Crippen MR) is 142 cm³/mol. The molecular formula is C28H22Cl2F2N2O7. The molecule has 1 atom stereocenters. The van der Waals surface area contributed by atoms with Gasteiger partial charge in [0.1, 0.15) is 22.7 Å². The normalized spacial score (nSPS) is 15.2. The molecule has 13 heteroatoms. The fraction of sp³-hybridized carbons (Fsp3) is 0.286. The summed E-state index contributed by atoms with van der Waals surface area (Å²) in [5.41, 5.74) is 1.04. The fourth-order valence-corrected chi connectivity index (χ4v) is 4.99. The summed E-state index contributed by atoms with van der Waals surface area (Å²) >= 11 is 12.5. The van der Waals surface area contributed by atoms with E-state index in [0.717, 1.165) is 30.1 Å². The Kier molecular flexibility index (Phi) is 8.27. The van der Waals surface area contributed by atoms with Gasteiger partial charge >= 0.3 is 12.6 Å². The van der Waals surface area contributed by atoms with Crippen LogP contribution in [0.5, 0.6) is 11.5 Å². The number of para-hydroxylation sites is 1.